The second kappa shape index (κ2) is 12.6. The van der Waals surface area contributed by atoms with Crippen molar-refractivity contribution in [2.75, 3.05) is 6.54 Å². The number of aromatic nitrogens is 1. The lowest BCUT2D eigenvalue weighted by molar-refractivity contribution is -0.120. The van der Waals surface area contributed by atoms with E-state index in [2.05, 4.69) is 10.3 Å². The van der Waals surface area contributed by atoms with Crippen LogP contribution in [0.4, 0.5) is 0 Å². The van der Waals surface area contributed by atoms with Crippen molar-refractivity contribution in [3.05, 3.63) is 41.4 Å². The molecule has 2 aromatic rings. The van der Waals surface area contributed by atoms with E-state index in [1.54, 1.807) is 6.20 Å². The minimum Gasteiger partial charge on any atom is -0.440 e. The summed E-state index contributed by atoms with van der Waals surface area (Å²) in [5.74, 6) is 1.79. The molecule has 1 amide bonds. The molecule has 1 atom stereocenters. The van der Waals surface area contributed by atoms with E-state index in [1.807, 2.05) is 45.0 Å². The van der Waals surface area contributed by atoms with E-state index in [0.29, 0.717) is 29.0 Å². The van der Waals surface area contributed by atoms with Crippen molar-refractivity contribution >= 4 is 54.1 Å². The zero-order valence-corrected chi connectivity index (χ0v) is 19.4. The Bertz CT molecular complexity index is 721. The van der Waals surface area contributed by atoms with Crippen molar-refractivity contribution in [3.8, 4) is 11.3 Å². The molecule has 5 nitrogen and oxygen atoms in total. The highest BCUT2D eigenvalue weighted by atomic mass is 35.5. The second-order valence-electron chi connectivity index (χ2n) is 6.37. The van der Waals surface area contributed by atoms with Gasteiger partial charge < -0.3 is 15.5 Å². The van der Waals surface area contributed by atoms with Gasteiger partial charge in [0.05, 0.1) is 17.2 Å². The fourth-order valence-electron chi connectivity index (χ4n) is 2.30. The maximum Gasteiger partial charge on any atom is 0.232 e. The van der Waals surface area contributed by atoms with Crippen LogP contribution < -0.4 is 11.1 Å². The topological polar surface area (TPSA) is 81.1 Å². The van der Waals surface area contributed by atoms with E-state index in [4.69, 9.17) is 21.8 Å². The van der Waals surface area contributed by atoms with Crippen molar-refractivity contribution in [3.63, 3.8) is 0 Å². The summed E-state index contributed by atoms with van der Waals surface area (Å²) in [7, 11) is 0. The van der Waals surface area contributed by atoms with Gasteiger partial charge in [-0.1, -0.05) is 25.4 Å². The highest BCUT2D eigenvalue weighted by Crippen LogP contribution is 2.25. The lowest BCUT2D eigenvalue weighted by Crippen LogP contribution is -2.50. The number of halogens is 3. The first-order valence-electron chi connectivity index (χ1n) is 8.75. The molecule has 28 heavy (non-hydrogen) atoms. The van der Waals surface area contributed by atoms with Gasteiger partial charge in [0.15, 0.2) is 5.76 Å². The monoisotopic (exact) mass is 467 g/mol. The van der Waals surface area contributed by atoms with Gasteiger partial charge in [0, 0.05) is 22.7 Å². The molecule has 1 aromatic heterocycles. The van der Waals surface area contributed by atoms with Crippen LogP contribution in [0.2, 0.25) is 5.02 Å². The summed E-state index contributed by atoms with van der Waals surface area (Å²) >= 11 is 7.38. The van der Waals surface area contributed by atoms with Gasteiger partial charge in [-0.05, 0) is 44.0 Å². The van der Waals surface area contributed by atoms with E-state index < -0.39 is 0 Å². The average molecular weight is 469 g/mol. The Morgan fingerprint density at radius 3 is 2.46 bits per heavy atom. The molecule has 0 aliphatic heterocycles. The highest BCUT2D eigenvalue weighted by Gasteiger charge is 2.23. The quantitative estimate of drug-likeness (QED) is 0.535. The Morgan fingerprint density at radius 1 is 1.29 bits per heavy atom. The molecular formula is C19H28Cl3N3O2S. The number of nitrogens with two attached hydrogens (primary N) is 1. The molecule has 9 heteroatoms. The van der Waals surface area contributed by atoms with Crippen LogP contribution in [0.3, 0.4) is 0 Å². The Morgan fingerprint density at radius 2 is 1.89 bits per heavy atom. The lowest BCUT2D eigenvalue weighted by atomic mass is 9.94. The largest absolute Gasteiger partial charge is 0.440 e. The van der Waals surface area contributed by atoms with Crippen molar-refractivity contribution in [2.24, 2.45) is 5.73 Å². The van der Waals surface area contributed by atoms with E-state index in [9.17, 15) is 4.79 Å². The molecule has 0 radical (unpaired) electrons. The fourth-order valence-corrected chi connectivity index (χ4v) is 3.19. The standard InChI is InChI=1S/C19H26ClN3O2S.2ClH/c1-4-19(21,5-2)12-23-18(24)13(3)26-11-17-22-10-16(25-17)14-6-8-15(20)9-7-14;;/h6-10,13H,4-5,11-12,21H2,1-3H3,(H,23,24);2*1H. The van der Waals surface area contributed by atoms with Crippen molar-refractivity contribution in [1.82, 2.24) is 10.3 Å². The summed E-state index contributed by atoms with van der Waals surface area (Å²) in [5.41, 5.74) is 6.80. The number of nitrogens with zero attached hydrogens (tertiary/aromatic N) is 1. The summed E-state index contributed by atoms with van der Waals surface area (Å²) in [6.45, 7) is 6.44. The Balaban J connectivity index is 0.00000364. The van der Waals surface area contributed by atoms with E-state index in [0.717, 1.165) is 18.4 Å². The zero-order valence-electron chi connectivity index (χ0n) is 16.2. The third-order valence-corrected chi connectivity index (χ3v) is 5.91. The first-order chi connectivity index (χ1) is 12.4. The van der Waals surface area contributed by atoms with Crippen molar-refractivity contribution in [1.29, 1.82) is 0 Å². The molecule has 0 spiro atoms. The molecule has 2 rings (SSSR count). The Kier molecular flexibility index (Phi) is 12.2. The summed E-state index contributed by atoms with van der Waals surface area (Å²) in [6.07, 6.45) is 3.35. The third-order valence-electron chi connectivity index (χ3n) is 4.53. The summed E-state index contributed by atoms with van der Waals surface area (Å²) in [6, 6.07) is 7.39. The van der Waals surface area contributed by atoms with E-state index in [1.165, 1.54) is 11.8 Å². The van der Waals surface area contributed by atoms with Crippen LogP contribution in [0, 0.1) is 0 Å². The number of carbonyl (C=O) groups excluding carboxylic acids is 1. The van der Waals surface area contributed by atoms with Crippen LogP contribution in [0.5, 0.6) is 0 Å². The number of amides is 1. The van der Waals surface area contributed by atoms with Gasteiger partial charge in [0.1, 0.15) is 0 Å². The Hall–Kier alpha value is -0.920. The molecule has 0 saturated heterocycles. The lowest BCUT2D eigenvalue weighted by Gasteiger charge is -2.27. The molecule has 0 aliphatic rings. The van der Waals surface area contributed by atoms with Crippen LogP contribution in [0.1, 0.15) is 39.5 Å². The molecule has 0 saturated carbocycles. The van der Waals surface area contributed by atoms with Gasteiger partial charge in [-0.3, -0.25) is 4.79 Å². The third kappa shape index (κ3) is 7.84. The molecule has 0 fully saturated rings. The molecule has 0 aliphatic carbocycles. The Labute approximate surface area is 188 Å². The van der Waals surface area contributed by atoms with Crippen molar-refractivity contribution < 1.29 is 9.21 Å². The molecule has 158 valence electrons. The SMILES string of the molecule is CCC(N)(CC)CNC(=O)C(C)SCc1ncc(-c2ccc(Cl)cc2)o1.Cl.Cl. The fraction of sp³-hybridized carbons (Fsp3) is 0.474. The van der Waals surface area contributed by atoms with Crippen LogP contribution in [0.25, 0.3) is 11.3 Å². The minimum absolute atomic E-state index is 0. The normalized spacial score (nSPS) is 11.9. The number of benzene rings is 1. The van der Waals surface area contributed by atoms with Gasteiger partial charge in [-0.15, -0.1) is 36.6 Å². The predicted octanol–water partition coefficient (Wildman–Crippen LogP) is 5.09. The predicted molar refractivity (Wildman–Crippen MR) is 123 cm³/mol. The summed E-state index contributed by atoms with van der Waals surface area (Å²) < 4.78 is 5.76. The molecule has 1 unspecified atom stereocenters. The van der Waals surface area contributed by atoms with Gasteiger partial charge in [0.25, 0.3) is 0 Å². The van der Waals surface area contributed by atoms with Crippen molar-refractivity contribution in [2.45, 2.75) is 50.2 Å². The number of oxazole rings is 1. The van der Waals surface area contributed by atoms with Gasteiger partial charge in [-0.2, -0.15) is 0 Å². The molecule has 1 heterocycles. The average Bonchev–Trinajstić information content (AvgIpc) is 3.13. The van der Waals surface area contributed by atoms with Crippen LogP contribution >= 0.6 is 48.2 Å². The first kappa shape index (κ1) is 27.1. The molecular weight excluding hydrogens is 441 g/mol. The summed E-state index contributed by atoms with van der Waals surface area (Å²) in [5, 5.41) is 3.42. The number of nitrogens with one attached hydrogen (secondary N) is 1. The van der Waals surface area contributed by atoms with Crippen LogP contribution in [-0.2, 0) is 10.5 Å². The minimum atomic E-state index is -0.337. The van der Waals surface area contributed by atoms with Crippen LogP contribution in [-0.4, -0.2) is 28.2 Å². The smallest absolute Gasteiger partial charge is 0.232 e. The first-order valence-corrected chi connectivity index (χ1v) is 10.2. The molecule has 3 N–H and O–H groups in total. The maximum atomic E-state index is 12.3. The summed E-state index contributed by atoms with van der Waals surface area (Å²) in [4.78, 5) is 16.5. The number of hydrogen-bond donors (Lipinski definition) is 2. The number of rotatable bonds is 9. The molecule has 0 bridgehead atoms. The zero-order chi connectivity index (χ0) is 19.2. The maximum absolute atomic E-state index is 12.3. The van der Waals surface area contributed by atoms with E-state index >= 15 is 0 Å². The number of hydrogen-bond acceptors (Lipinski definition) is 5. The highest BCUT2D eigenvalue weighted by molar-refractivity contribution is 7.99. The van der Waals surface area contributed by atoms with Gasteiger partial charge in [0.2, 0.25) is 11.8 Å². The van der Waals surface area contributed by atoms with Gasteiger partial charge in [-0.25, -0.2) is 4.98 Å². The number of carbonyl (C=O) groups is 1. The van der Waals surface area contributed by atoms with Gasteiger partial charge >= 0.3 is 0 Å². The molecule has 1 aromatic carbocycles. The second-order valence-corrected chi connectivity index (χ2v) is 8.13. The van der Waals surface area contributed by atoms with Crippen LogP contribution in [0.15, 0.2) is 34.9 Å². The number of thioether (sulfide) groups is 1. The van der Waals surface area contributed by atoms with E-state index in [-0.39, 0.29) is 41.5 Å².